The van der Waals surface area contributed by atoms with Crippen molar-refractivity contribution in [2.45, 2.75) is 36.5 Å². The van der Waals surface area contributed by atoms with Gasteiger partial charge in [-0.2, -0.15) is 18.4 Å². The molecule has 3 rings (SSSR count). The van der Waals surface area contributed by atoms with Crippen LogP contribution in [0.3, 0.4) is 0 Å². The summed E-state index contributed by atoms with van der Waals surface area (Å²) in [6.45, 7) is 1.66. The van der Waals surface area contributed by atoms with E-state index in [2.05, 4.69) is 21.4 Å². The second kappa shape index (κ2) is 6.76. The van der Waals surface area contributed by atoms with Crippen LogP contribution in [0, 0.1) is 17.2 Å². The predicted molar refractivity (Wildman–Crippen MR) is 90.1 cm³/mol. The first kappa shape index (κ1) is 18.5. The zero-order valence-corrected chi connectivity index (χ0v) is 14.6. The average Bonchev–Trinajstić information content (AvgIpc) is 3.44. The van der Waals surface area contributed by atoms with Crippen LogP contribution in [-0.4, -0.2) is 27.2 Å². The van der Waals surface area contributed by atoms with Gasteiger partial charge in [-0.25, -0.2) is 9.97 Å². The molecule has 1 heterocycles. The summed E-state index contributed by atoms with van der Waals surface area (Å²) < 4.78 is 39.0. The Bertz CT molecular complexity index is 892. The van der Waals surface area contributed by atoms with Crippen LogP contribution in [0.25, 0.3) is 10.9 Å². The number of amides is 1. The van der Waals surface area contributed by atoms with Gasteiger partial charge in [0, 0.05) is 5.39 Å². The maximum Gasteiger partial charge on any atom is 0.451 e. The van der Waals surface area contributed by atoms with Gasteiger partial charge in [0.25, 0.3) is 0 Å². The number of alkyl halides is 3. The van der Waals surface area contributed by atoms with Crippen LogP contribution in [0.2, 0.25) is 0 Å². The van der Waals surface area contributed by atoms with Crippen LogP contribution in [0.1, 0.15) is 25.6 Å². The van der Waals surface area contributed by atoms with Crippen molar-refractivity contribution in [3.05, 3.63) is 30.1 Å². The van der Waals surface area contributed by atoms with E-state index in [9.17, 15) is 23.2 Å². The molecule has 1 amide bonds. The number of halogens is 3. The lowest BCUT2D eigenvalue weighted by molar-refractivity contribution is -0.145. The molecular formula is C17H15F3N4OS. The van der Waals surface area contributed by atoms with Gasteiger partial charge in [0.05, 0.1) is 17.3 Å². The molecule has 1 fully saturated rings. The highest BCUT2D eigenvalue weighted by Crippen LogP contribution is 2.39. The van der Waals surface area contributed by atoms with Crippen LogP contribution in [0.4, 0.5) is 13.2 Å². The van der Waals surface area contributed by atoms with Gasteiger partial charge in [-0.1, -0.05) is 30.0 Å². The number of nitrogens with zero attached hydrogens (tertiary/aromatic N) is 3. The monoisotopic (exact) mass is 380 g/mol. The molecule has 1 aromatic heterocycles. The molecule has 0 spiro atoms. The minimum atomic E-state index is -4.67. The minimum Gasteiger partial charge on any atom is -0.337 e. The Balaban J connectivity index is 1.80. The predicted octanol–water partition coefficient (Wildman–Crippen LogP) is 3.55. The standard InChI is InChI=1S/C17H15F3N4OS/c1-16(9-21,10-6-7-10)24-13(25)8-26-14-11-4-2-3-5-12(11)22-15(23-14)17(18,19)20/h2-5,10H,6-8H2,1H3,(H,24,25). The van der Waals surface area contributed by atoms with Gasteiger partial charge in [0.1, 0.15) is 10.6 Å². The first-order valence-corrected chi connectivity index (χ1v) is 8.90. The van der Waals surface area contributed by atoms with Crippen LogP contribution >= 0.6 is 11.8 Å². The number of hydrogen-bond donors (Lipinski definition) is 1. The largest absolute Gasteiger partial charge is 0.451 e. The number of nitrogens with one attached hydrogen (secondary N) is 1. The van der Waals surface area contributed by atoms with Crippen molar-refractivity contribution in [2.75, 3.05) is 5.75 Å². The summed E-state index contributed by atoms with van der Waals surface area (Å²) in [5.74, 6) is -1.67. The second-order valence-electron chi connectivity index (χ2n) is 6.29. The van der Waals surface area contributed by atoms with Crippen LogP contribution in [0.15, 0.2) is 29.3 Å². The molecule has 1 saturated carbocycles. The number of aromatic nitrogens is 2. The van der Waals surface area contributed by atoms with Crippen LogP contribution < -0.4 is 5.32 Å². The molecule has 0 aliphatic heterocycles. The second-order valence-corrected chi connectivity index (χ2v) is 7.26. The van der Waals surface area contributed by atoms with Crippen molar-refractivity contribution in [3.63, 3.8) is 0 Å². The smallest absolute Gasteiger partial charge is 0.337 e. The van der Waals surface area contributed by atoms with Gasteiger partial charge in [-0.05, 0) is 31.7 Å². The van der Waals surface area contributed by atoms with E-state index in [0.29, 0.717) is 5.39 Å². The molecule has 5 nitrogen and oxygen atoms in total. The lowest BCUT2D eigenvalue weighted by Crippen LogP contribution is -2.47. The molecule has 26 heavy (non-hydrogen) atoms. The third kappa shape index (κ3) is 3.90. The molecular weight excluding hydrogens is 365 g/mol. The van der Waals surface area contributed by atoms with Gasteiger partial charge in [-0.15, -0.1) is 0 Å². The number of carbonyl (C=O) groups is 1. The number of para-hydroxylation sites is 1. The molecule has 1 aliphatic rings. The van der Waals surface area contributed by atoms with Gasteiger partial charge >= 0.3 is 6.18 Å². The minimum absolute atomic E-state index is 0.0863. The first-order valence-electron chi connectivity index (χ1n) is 7.92. The van der Waals surface area contributed by atoms with E-state index in [1.807, 2.05) is 0 Å². The quantitative estimate of drug-likeness (QED) is 0.634. The van der Waals surface area contributed by atoms with Crippen LogP contribution in [-0.2, 0) is 11.0 Å². The number of nitriles is 1. The maximum atomic E-state index is 13.0. The van der Waals surface area contributed by atoms with Gasteiger partial charge in [-0.3, -0.25) is 4.79 Å². The summed E-state index contributed by atoms with van der Waals surface area (Å²) in [6.07, 6.45) is -2.92. The summed E-state index contributed by atoms with van der Waals surface area (Å²) >= 11 is 0.899. The Morgan fingerprint density at radius 1 is 1.35 bits per heavy atom. The molecule has 1 aromatic carbocycles. The Labute approximate surface area is 152 Å². The molecule has 1 aliphatic carbocycles. The van der Waals surface area contributed by atoms with Crippen molar-refractivity contribution in [2.24, 2.45) is 5.92 Å². The fourth-order valence-electron chi connectivity index (χ4n) is 2.63. The third-order valence-electron chi connectivity index (χ3n) is 4.19. The maximum absolute atomic E-state index is 13.0. The Hall–Kier alpha value is -2.34. The van der Waals surface area contributed by atoms with E-state index in [-0.39, 0.29) is 22.2 Å². The highest BCUT2D eigenvalue weighted by Gasteiger charge is 2.43. The molecule has 1 atom stereocenters. The number of hydrogen-bond acceptors (Lipinski definition) is 5. The van der Waals surface area contributed by atoms with Crippen molar-refractivity contribution in [1.82, 2.24) is 15.3 Å². The van der Waals surface area contributed by atoms with Crippen molar-refractivity contribution < 1.29 is 18.0 Å². The molecule has 0 radical (unpaired) electrons. The summed E-state index contributed by atoms with van der Waals surface area (Å²) in [5, 5.41) is 12.5. The molecule has 0 saturated heterocycles. The fraction of sp³-hybridized carbons (Fsp3) is 0.412. The van der Waals surface area contributed by atoms with E-state index in [1.165, 1.54) is 6.07 Å². The Kier molecular flexibility index (Phi) is 4.80. The summed E-state index contributed by atoms with van der Waals surface area (Å²) in [6, 6.07) is 8.45. The van der Waals surface area contributed by atoms with Crippen molar-refractivity contribution in [1.29, 1.82) is 5.26 Å². The van der Waals surface area contributed by atoms with Gasteiger partial charge < -0.3 is 5.32 Å². The lowest BCUT2D eigenvalue weighted by Gasteiger charge is -2.22. The number of benzene rings is 1. The lowest BCUT2D eigenvalue weighted by atomic mass is 9.98. The Morgan fingerprint density at radius 3 is 2.65 bits per heavy atom. The summed E-state index contributed by atoms with van der Waals surface area (Å²) in [4.78, 5) is 19.3. The van der Waals surface area contributed by atoms with E-state index in [0.717, 1.165) is 24.6 Å². The van der Waals surface area contributed by atoms with E-state index >= 15 is 0 Å². The highest BCUT2D eigenvalue weighted by atomic mass is 32.2. The molecule has 9 heteroatoms. The molecule has 2 aromatic rings. The van der Waals surface area contributed by atoms with E-state index in [4.69, 9.17) is 0 Å². The topological polar surface area (TPSA) is 78.7 Å². The van der Waals surface area contributed by atoms with Crippen molar-refractivity contribution >= 4 is 28.6 Å². The normalized spacial score (nSPS) is 16.7. The van der Waals surface area contributed by atoms with Gasteiger partial charge in [0.2, 0.25) is 11.7 Å². The fourth-order valence-corrected chi connectivity index (χ4v) is 3.44. The first-order chi connectivity index (χ1) is 12.2. The molecule has 1 unspecified atom stereocenters. The highest BCUT2D eigenvalue weighted by molar-refractivity contribution is 8.00. The molecule has 1 N–H and O–H groups in total. The zero-order chi connectivity index (χ0) is 18.9. The zero-order valence-electron chi connectivity index (χ0n) is 13.8. The van der Waals surface area contributed by atoms with Crippen LogP contribution in [0.5, 0.6) is 0 Å². The summed E-state index contributed by atoms with van der Waals surface area (Å²) in [5.41, 5.74) is -0.778. The average molecular weight is 380 g/mol. The number of carbonyl (C=O) groups excluding carboxylic acids is 1. The van der Waals surface area contributed by atoms with E-state index < -0.39 is 23.4 Å². The van der Waals surface area contributed by atoms with Crippen molar-refractivity contribution in [3.8, 4) is 6.07 Å². The Morgan fingerprint density at radius 2 is 2.04 bits per heavy atom. The SMILES string of the molecule is CC(C#N)(NC(=O)CSc1nc(C(F)(F)F)nc2ccccc12)C1CC1. The number of fused-ring (bicyclic) bond motifs is 1. The third-order valence-corrected chi connectivity index (χ3v) is 5.18. The number of rotatable bonds is 5. The summed E-state index contributed by atoms with van der Waals surface area (Å²) in [7, 11) is 0. The van der Waals surface area contributed by atoms with E-state index in [1.54, 1.807) is 25.1 Å². The number of thioether (sulfide) groups is 1. The van der Waals surface area contributed by atoms with Gasteiger partial charge in [0.15, 0.2) is 0 Å². The molecule has 136 valence electrons. The molecule has 0 bridgehead atoms.